The van der Waals surface area contributed by atoms with E-state index >= 15 is 0 Å². The number of nitrogens with zero attached hydrogens (tertiary/aromatic N) is 2. The van der Waals surface area contributed by atoms with Crippen molar-refractivity contribution in [1.82, 2.24) is 4.98 Å². The van der Waals surface area contributed by atoms with Crippen LogP contribution in [0.5, 0.6) is 5.75 Å². The molecule has 2 rings (SSSR count). The second-order valence-electron chi connectivity index (χ2n) is 4.19. The van der Waals surface area contributed by atoms with Gasteiger partial charge < -0.3 is 10.0 Å². The van der Waals surface area contributed by atoms with Gasteiger partial charge in [0, 0.05) is 24.6 Å². The average Bonchev–Trinajstić information content (AvgIpc) is 2.38. The highest BCUT2D eigenvalue weighted by Crippen LogP contribution is 2.22. The molecule has 0 aliphatic carbocycles. The van der Waals surface area contributed by atoms with Gasteiger partial charge in [0.2, 0.25) is 0 Å². The Kier molecular flexibility index (Phi) is 3.71. The third-order valence-corrected chi connectivity index (χ3v) is 3.07. The van der Waals surface area contributed by atoms with E-state index in [1.54, 1.807) is 25.2 Å². The number of hydrogen-bond acceptors (Lipinski definition) is 3. The molecule has 0 radical (unpaired) electrons. The zero-order chi connectivity index (χ0) is 14.0. The summed E-state index contributed by atoms with van der Waals surface area (Å²) in [7, 11) is 1.64. The molecule has 0 fully saturated rings. The van der Waals surface area contributed by atoms with Gasteiger partial charge in [0.1, 0.15) is 5.75 Å². The summed E-state index contributed by atoms with van der Waals surface area (Å²) in [4.78, 5) is 17.8. The fourth-order valence-electron chi connectivity index (χ4n) is 1.66. The van der Waals surface area contributed by atoms with Crippen molar-refractivity contribution in [3.8, 4) is 5.75 Å². The van der Waals surface area contributed by atoms with Crippen molar-refractivity contribution in [2.45, 2.75) is 6.92 Å². The molecular formula is C14H13ClN2O2. The van der Waals surface area contributed by atoms with Crippen LogP contribution in [0.25, 0.3) is 0 Å². The van der Waals surface area contributed by atoms with Gasteiger partial charge >= 0.3 is 0 Å². The van der Waals surface area contributed by atoms with Gasteiger partial charge in [-0.1, -0.05) is 11.6 Å². The van der Waals surface area contributed by atoms with Gasteiger partial charge in [0.15, 0.2) is 0 Å². The Labute approximate surface area is 116 Å². The van der Waals surface area contributed by atoms with Crippen LogP contribution in [0, 0.1) is 6.92 Å². The maximum absolute atomic E-state index is 12.3. The number of carbonyl (C=O) groups is 1. The minimum Gasteiger partial charge on any atom is -0.508 e. The number of anilines is 1. The predicted octanol–water partition coefficient (Wildman–Crippen LogP) is 3.03. The minimum atomic E-state index is -0.247. The van der Waals surface area contributed by atoms with E-state index in [4.69, 9.17) is 11.6 Å². The van der Waals surface area contributed by atoms with E-state index in [1.807, 2.05) is 6.92 Å². The number of phenolic OH excluding ortho intramolecular Hbond substituents is 1. The maximum atomic E-state index is 12.3. The zero-order valence-electron chi connectivity index (χ0n) is 10.6. The lowest BCUT2D eigenvalue weighted by atomic mass is 10.2. The SMILES string of the molecule is Cc1cc(Cl)c(C(=O)N(C)c2ccc(O)cc2)cn1. The van der Waals surface area contributed by atoms with Crippen LogP contribution in [0.1, 0.15) is 16.1 Å². The molecule has 1 aromatic heterocycles. The molecule has 1 amide bonds. The smallest absolute Gasteiger partial charge is 0.261 e. The molecule has 19 heavy (non-hydrogen) atoms. The van der Waals surface area contributed by atoms with Gasteiger partial charge in [-0.25, -0.2) is 0 Å². The van der Waals surface area contributed by atoms with Crippen LogP contribution in [-0.4, -0.2) is 23.0 Å². The van der Waals surface area contributed by atoms with Crippen LogP contribution in [-0.2, 0) is 0 Å². The number of aryl methyl sites for hydroxylation is 1. The second-order valence-corrected chi connectivity index (χ2v) is 4.59. The molecule has 1 aromatic carbocycles. The summed E-state index contributed by atoms with van der Waals surface area (Å²) in [5, 5.41) is 9.61. The molecule has 4 nitrogen and oxygen atoms in total. The molecule has 98 valence electrons. The molecule has 0 aliphatic heterocycles. The summed E-state index contributed by atoms with van der Waals surface area (Å²) in [6.07, 6.45) is 1.47. The first-order valence-electron chi connectivity index (χ1n) is 5.68. The first kappa shape index (κ1) is 13.4. The minimum absolute atomic E-state index is 0.152. The fraction of sp³-hybridized carbons (Fsp3) is 0.143. The van der Waals surface area contributed by atoms with E-state index in [9.17, 15) is 9.90 Å². The summed E-state index contributed by atoms with van der Waals surface area (Å²) in [6.45, 7) is 1.81. The van der Waals surface area contributed by atoms with Gasteiger partial charge in [0.25, 0.3) is 5.91 Å². The molecule has 1 heterocycles. The second kappa shape index (κ2) is 5.28. The number of hydrogen-bond donors (Lipinski definition) is 1. The molecule has 0 aliphatic rings. The lowest BCUT2D eigenvalue weighted by molar-refractivity contribution is 0.0993. The Morgan fingerprint density at radius 1 is 1.32 bits per heavy atom. The van der Waals surface area contributed by atoms with Gasteiger partial charge in [-0.15, -0.1) is 0 Å². The van der Waals surface area contributed by atoms with E-state index in [2.05, 4.69) is 4.98 Å². The molecule has 0 spiro atoms. The van der Waals surface area contributed by atoms with Gasteiger partial charge in [-0.05, 0) is 37.3 Å². The zero-order valence-corrected chi connectivity index (χ0v) is 11.3. The molecule has 0 bridgehead atoms. The van der Waals surface area contributed by atoms with Crippen molar-refractivity contribution in [3.63, 3.8) is 0 Å². The molecule has 2 aromatic rings. The number of aromatic hydroxyl groups is 1. The van der Waals surface area contributed by atoms with Crippen LogP contribution in [0.3, 0.4) is 0 Å². The third-order valence-electron chi connectivity index (χ3n) is 2.76. The van der Waals surface area contributed by atoms with E-state index in [0.29, 0.717) is 16.3 Å². The normalized spacial score (nSPS) is 10.3. The summed E-state index contributed by atoms with van der Waals surface area (Å²) in [6, 6.07) is 8.01. The Morgan fingerprint density at radius 3 is 2.53 bits per heavy atom. The summed E-state index contributed by atoms with van der Waals surface area (Å²) in [5.74, 6) is -0.0946. The fourth-order valence-corrected chi connectivity index (χ4v) is 1.95. The molecule has 5 heteroatoms. The molecule has 0 atom stereocenters. The van der Waals surface area contributed by atoms with Crippen molar-refractivity contribution in [1.29, 1.82) is 0 Å². The summed E-state index contributed by atoms with van der Waals surface area (Å²) in [5.41, 5.74) is 1.77. The molecular weight excluding hydrogens is 264 g/mol. The van der Waals surface area contributed by atoms with Crippen LogP contribution >= 0.6 is 11.6 Å². The van der Waals surface area contributed by atoms with Gasteiger partial charge in [-0.3, -0.25) is 9.78 Å². The molecule has 0 unspecified atom stereocenters. The summed E-state index contributed by atoms with van der Waals surface area (Å²) >= 11 is 6.05. The number of aromatic nitrogens is 1. The number of pyridine rings is 1. The first-order valence-corrected chi connectivity index (χ1v) is 6.06. The van der Waals surface area contributed by atoms with Crippen molar-refractivity contribution in [3.05, 3.63) is 52.8 Å². The molecule has 0 saturated heterocycles. The van der Waals surface area contributed by atoms with Crippen molar-refractivity contribution >= 4 is 23.2 Å². The van der Waals surface area contributed by atoms with Crippen LogP contribution in [0.4, 0.5) is 5.69 Å². The number of benzene rings is 1. The standard InChI is InChI=1S/C14H13ClN2O2/c1-9-7-13(15)12(8-16-9)14(19)17(2)10-3-5-11(18)6-4-10/h3-8,18H,1-2H3. The van der Waals surface area contributed by atoms with Crippen molar-refractivity contribution in [2.24, 2.45) is 0 Å². The lowest BCUT2D eigenvalue weighted by Gasteiger charge is -2.18. The largest absolute Gasteiger partial charge is 0.508 e. The van der Waals surface area contributed by atoms with Crippen molar-refractivity contribution in [2.75, 3.05) is 11.9 Å². The Balaban J connectivity index is 2.30. The highest BCUT2D eigenvalue weighted by atomic mass is 35.5. The Hall–Kier alpha value is -2.07. The van der Waals surface area contributed by atoms with E-state index in [0.717, 1.165) is 5.69 Å². The van der Waals surface area contributed by atoms with E-state index in [1.165, 1.54) is 23.2 Å². The van der Waals surface area contributed by atoms with E-state index in [-0.39, 0.29) is 11.7 Å². The number of amides is 1. The highest BCUT2D eigenvalue weighted by Gasteiger charge is 2.17. The van der Waals surface area contributed by atoms with Gasteiger partial charge in [0.05, 0.1) is 10.6 Å². The van der Waals surface area contributed by atoms with Crippen LogP contribution in [0.2, 0.25) is 5.02 Å². The molecule has 0 saturated carbocycles. The van der Waals surface area contributed by atoms with Crippen molar-refractivity contribution < 1.29 is 9.90 Å². The highest BCUT2D eigenvalue weighted by molar-refractivity contribution is 6.34. The Morgan fingerprint density at radius 2 is 1.95 bits per heavy atom. The third kappa shape index (κ3) is 2.85. The average molecular weight is 277 g/mol. The van der Waals surface area contributed by atoms with Crippen LogP contribution in [0.15, 0.2) is 36.5 Å². The lowest BCUT2D eigenvalue weighted by Crippen LogP contribution is -2.26. The number of rotatable bonds is 2. The predicted molar refractivity (Wildman–Crippen MR) is 74.8 cm³/mol. The quantitative estimate of drug-likeness (QED) is 0.917. The first-order chi connectivity index (χ1) is 8.99. The maximum Gasteiger partial charge on any atom is 0.261 e. The summed E-state index contributed by atoms with van der Waals surface area (Å²) < 4.78 is 0. The van der Waals surface area contributed by atoms with E-state index < -0.39 is 0 Å². The number of carbonyl (C=O) groups excluding carboxylic acids is 1. The number of phenols is 1. The Bertz CT molecular complexity index is 611. The number of halogens is 1. The monoisotopic (exact) mass is 276 g/mol. The van der Waals surface area contributed by atoms with Crippen LogP contribution < -0.4 is 4.90 Å². The van der Waals surface area contributed by atoms with Gasteiger partial charge in [-0.2, -0.15) is 0 Å². The molecule has 1 N–H and O–H groups in total. The topological polar surface area (TPSA) is 53.4 Å².